The molecule has 92 valence electrons. The number of halogens is 1. The van der Waals surface area contributed by atoms with E-state index in [1.165, 1.54) is 0 Å². The first-order valence-corrected chi connectivity index (χ1v) is 6.16. The predicted octanol–water partition coefficient (Wildman–Crippen LogP) is 2.75. The molecule has 18 heavy (non-hydrogen) atoms. The Labute approximate surface area is 111 Å². The van der Waals surface area contributed by atoms with Gasteiger partial charge in [-0.15, -0.1) is 11.6 Å². The zero-order valence-corrected chi connectivity index (χ0v) is 10.5. The fourth-order valence-electron chi connectivity index (χ4n) is 1.52. The lowest BCUT2D eigenvalue weighted by molar-refractivity contribution is 0.0950. The number of hydrogen-bond donors (Lipinski definition) is 1. The number of nitrogens with one attached hydrogen (secondary N) is 1. The van der Waals surface area contributed by atoms with Gasteiger partial charge in [-0.2, -0.15) is 0 Å². The van der Waals surface area contributed by atoms with E-state index in [-0.39, 0.29) is 5.91 Å². The molecule has 0 aliphatic heterocycles. The molecule has 0 aliphatic carbocycles. The molecule has 0 saturated carbocycles. The van der Waals surface area contributed by atoms with Crippen LogP contribution < -0.4 is 5.32 Å². The third kappa shape index (κ3) is 3.31. The molecule has 1 aromatic heterocycles. The average molecular weight is 261 g/mol. The Hall–Kier alpha value is -1.87. The lowest BCUT2D eigenvalue weighted by Gasteiger charge is -2.05. The Balaban J connectivity index is 1.95. The molecule has 1 amide bonds. The molecule has 1 heterocycles. The van der Waals surface area contributed by atoms with E-state index < -0.39 is 0 Å². The van der Waals surface area contributed by atoms with Gasteiger partial charge in [0.1, 0.15) is 0 Å². The maximum atomic E-state index is 11.8. The van der Waals surface area contributed by atoms with Crippen molar-refractivity contribution in [1.82, 2.24) is 10.3 Å². The first-order valence-electron chi connectivity index (χ1n) is 5.62. The number of hydrogen-bond acceptors (Lipinski definition) is 2. The maximum Gasteiger partial charge on any atom is 0.251 e. The molecule has 4 heteroatoms. The fraction of sp³-hybridized carbons (Fsp3) is 0.143. The van der Waals surface area contributed by atoms with E-state index in [1.54, 1.807) is 18.3 Å². The lowest BCUT2D eigenvalue weighted by Crippen LogP contribution is -2.23. The Kier molecular flexibility index (Phi) is 4.31. The summed E-state index contributed by atoms with van der Waals surface area (Å²) < 4.78 is 0. The largest absolute Gasteiger partial charge is 0.346 e. The second-order valence-corrected chi connectivity index (χ2v) is 4.10. The standard InChI is InChI=1S/C14H13ClN2O/c15-9-11-4-6-12(7-5-11)14(18)17-10-13-3-1-2-8-16-13/h1-8H,9-10H2,(H,17,18). The number of benzene rings is 1. The number of carbonyl (C=O) groups is 1. The van der Waals surface area contributed by atoms with Gasteiger partial charge in [0.2, 0.25) is 0 Å². The number of rotatable bonds is 4. The SMILES string of the molecule is O=C(NCc1ccccn1)c1ccc(CCl)cc1. The van der Waals surface area contributed by atoms with Crippen molar-refractivity contribution in [2.24, 2.45) is 0 Å². The van der Waals surface area contributed by atoms with Gasteiger partial charge < -0.3 is 5.32 Å². The Morgan fingerprint density at radius 1 is 1.17 bits per heavy atom. The molecule has 0 radical (unpaired) electrons. The van der Waals surface area contributed by atoms with Gasteiger partial charge in [-0.3, -0.25) is 9.78 Å². The molecule has 1 aromatic carbocycles. The summed E-state index contributed by atoms with van der Waals surface area (Å²) in [6.45, 7) is 0.428. The van der Waals surface area contributed by atoms with Crippen LogP contribution >= 0.6 is 11.6 Å². The Morgan fingerprint density at radius 3 is 2.56 bits per heavy atom. The molecule has 0 atom stereocenters. The predicted molar refractivity (Wildman–Crippen MR) is 71.4 cm³/mol. The number of carbonyl (C=O) groups excluding carboxylic acids is 1. The quantitative estimate of drug-likeness (QED) is 0.859. The molecular weight excluding hydrogens is 248 g/mol. The molecule has 0 aliphatic rings. The summed E-state index contributed by atoms with van der Waals surface area (Å²) in [5.41, 5.74) is 2.46. The smallest absolute Gasteiger partial charge is 0.251 e. The minimum atomic E-state index is -0.109. The van der Waals surface area contributed by atoms with E-state index in [0.717, 1.165) is 11.3 Å². The van der Waals surface area contributed by atoms with Crippen LogP contribution in [0.2, 0.25) is 0 Å². The summed E-state index contributed by atoms with van der Waals surface area (Å²) >= 11 is 5.69. The van der Waals surface area contributed by atoms with Crippen LogP contribution in [-0.2, 0) is 12.4 Å². The minimum absolute atomic E-state index is 0.109. The van der Waals surface area contributed by atoms with Crippen LogP contribution in [-0.4, -0.2) is 10.9 Å². The average Bonchev–Trinajstić information content (AvgIpc) is 2.46. The Bertz CT molecular complexity index is 511. The van der Waals surface area contributed by atoms with Crippen LogP contribution in [0, 0.1) is 0 Å². The van der Waals surface area contributed by atoms with Crippen LogP contribution in [0.25, 0.3) is 0 Å². The van der Waals surface area contributed by atoms with Crippen molar-refractivity contribution in [3.63, 3.8) is 0 Å². The maximum absolute atomic E-state index is 11.8. The molecule has 0 saturated heterocycles. The van der Waals surface area contributed by atoms with Crippen molar-refractivity contribution in [3.05, 3.63) is 65.5 Å². The summed E-state index contributed by atoms with van der Waals surface area (Å²) in [4.78, 5) is 16.0. The van der Waals surface area contributed by atoms with Crippen molar-refractivity contribution in [2.45, 2.75) is 12.4 Å². The minimum Gasteiger partial charge on any atom is -0.346 e. The van der Waals surface area contributed by atoms with Crippen molar-refractivity contribution in [3.8, 4) is 0 Å². The monoisotopic (exact) mass is 260 g/mol. The van der Waals surface area contributed by atoms with Gasteiger partial charge >= 0.3 is 0 Å². The second kappa shape index (κ2) is 6.17. The van der Waals surface area contributed by atoms with Gasteiger partial charge in [0.15, 0.2) is 0 Å². The van der Waals surface area contributed by atoms with Crippen LogP contribution in [0.4, 0.5) is 0 Å². The summed E-state index contributed by atoms with van der Waals surface area (Å²) in [5.74, 6) is 0.345. The number of pyridine rings is 1. The molecule has 1 N–H and O–H groups in total. The highest BCUT2D eigenvalue weighted by Gasteiger charge is 2.05. The van der Waals surface area contributed by atoms with Crippen molar-refractivity contribution in [2.75, 3.05) is 0 Å². The van der Waals surface area contributed by atoms with Gasteiger partial charge in [-0.25, -0.2) is 0 Å². The summed E-state index contributed by atoms with van der Waals surface area (Å²) in [6, 6.07) is 12.8. The molecule has 2 aromatic rings. The number of nitrogens with zero attached hydrogens (tertiary/aromatic N) is 1. The van der Waals surface area contributed by atoms with E-state index in [2.05, 4.69) is 10.3 Å². The molecule has 0 fully saturated rings. The van der Waals surface area contributed by atoms with E-state index in [0.29, 0.717) is 18.0 Å². The van der Waals surface area contributed by atoms with Gasteiger partial charge in [-0.1, -0.05) is 18.2 Å². The molecule has 0 spiro atoms. The normalized spacial score (nSPS) is 10.1. The topological polar surface area (TPSA) is 42.0 Å². The highest BCUT2D eigenvalue weighted by Crippen LogP contribution is 2.07. The van der Waals surface area contributed by atoms with E-state index >= 15 is 0 Å². The van der Waals surface area contributed by atoms with Gasteiger partial charge in [0, 0.05) is 17.6 Å². The molecule has 3 nitrogen and oxygen atoms in total. The highest BCUT2D eigenvalue weighted by molar-refractivity contribution is 6.17. The van der Waals surface area contributed by atoms with Crippen LogP contribution in [0.3, 0.4) is 0 Å². The van der Waals surface area contributed by atoms with Gasteiger partial charge in [0.25, 0.3) is 5.91 Å². The third-order valence-corrected chi connectivity index (χ3v) is 2.84. The van der Waals surface area contributed by atoms with Crippen LogP contribution in [0.5, 0.6) is 0 Å². The number of aromatic nitrogens is 1. The summed E-state index contributed by atoms with van der Waals surface area (Å²) in [5, 5.41) is 2.82. The zero-order chi connectivity index (χ0) is 12.8. The van der Waals surface area contributed by atoms with Crippen LogP contribution in [0.1, 0.15) is 21.6 Å². The van der Waals surface area contributed by atoms with Crippen molar-refractivity contribution < 1.29 is 4.79 Å². The molecule has 0 unspecified atom stereocenters. The second-order valence-electron chi connectivity index (χ2n) is 3.83. The highest BCUT2D eigenvalue weighted by atomic mass is 35.5. The molecule has 2 rings (SSSR count). The molecular formula is C14H13ClN2O. The first kappa shape index (κ1) is 12.6. The fourth-order valence-corrected chi connectivity index (χ4v) is 1.70. The summed E-state index contributed by atoms with van der Waals surface area (Å²) in [7, 11) is 0. The lowest BCUT2D eigenvalue weighted by atomic mass is 10.1. The van der Waals surface area contributed by atoms with E-state index in [1.807, 2.05) is 30.3 Å². The third-order valence-electron chi connectivity index (χ3n) is 2.53. The van der Waals surface area contributed by atoms with Crippen molar-refractivity contribution in [1.29, 1.82) is 0 Å². The zero-order valence-electron chi connectivity index (χ0n) is 9.77. The van der Waals surface area contributed by atoms with E-state index in [4.69, 9.17) is 11.6 Å². The van der Waals surface area contributed by atoms with Gasteiger partial charge in [0.05, 0.1) is 12.2 Å². The number of alkyl halides is 1. The van der Waals surface area contributed by atoms with Crippen molar-refractivity contribution >= 4 is 17.5 Å². The first-order chi connectivity index (χ1) is 8.79. The summed E-state index contributed by atoms with van der Waals surface area (Å²) in [6.07, 6.45) is 1.71. The van der Waals surface area contributed by atoms with E-state index in [9.17, 15) is 4.79 Å². The number of amides is 1. The van der Waals surface area contributed by atoms with Gasteiger partial charge in [-0.05, 0) is 29.8 Å². The Morgan fingerprint density at radius 2 is 1.94 bits per heavy atom. The van der Waals surface area contributed by atoms with Crippen LogP contribution in [0.15, 0.2) is 48.7 Å². The molecule has 0 bridgehead atoms.